The summed E-state index contributed by atoms with van der Waals surface area (Å²) in [7, 11) is 1.88. The van der Waals surface area contributed by atoms with Gasteiger partial charge in [0.05, 0.1) is 11.2 Å². The highest BCUT2D eigenvalue weighted by molar-refractivity contribution is 6.05. The number of carbonyl (C=O) groups is 1. The van der Waals surface area contributed by atoms with Crippen LogP contribution in [0.4, 0.5) is 11.4 Å². The average Bonchev–Trinajstić information content (AvgIpc) is 2.89. The van der Waals surface area contributed by atoms with E-state index in [0.717, 1.165) is 33.5 Å². The summed E-state index contributed by atoms with van der Waals surface area (Å²) in [5, 5.41) is 7.19. The predicted molar refractivity (Wildman–Crippen MR) is 88.2 cm³/mol. The minimum absolute atomic E-state index is 0.0222. The molecular formula is C18H15N3O. The fourth-order valence-corrected chi connectivity index (χ4v) is 3.05. The maximum atomic E-state index is 12.4. The minimum atomic E-state index is -0.354. The molecule has 2 N–H and O–H groups in total. The van der Waals surface area contributed by atoms with E-state index in [4.69, 9.17) is 4.98 Å². The molecule has 3 aromatic rings. The van der Waals surface area contributed by atoms with Crippen molar-refractivity contribution in [3.05, 3.63) is 65.9 Å². The van der Waals surface area contributed by atoms with Crippen molar-refractivity contribution in [2.75, 3.05) is 17.7 Å². The van der Waals surface area contributed by atoms with Crippen LogP contribution in [0.25, 0.3) is 10.9 Å². The molecule has 0 saturated heterocycles. The summed E-state index contributed by atoms with van der Waals surface area (Å²) < 4.78 is 0. The predicted octanol–water partition coefficient (Wildman–Crippen LogP) is 3.36. The molecule has 4 nitrogen and oxygen atoms in total. The van der Waals surface area contributed by atoms with Crippen molar-refractivity contribution in [1.82, 2.24) is 4.98 Å². The van der Waals surface area contributed by atoms with Crippen molar-refractivity contribution >= 4 is 28.2 Å². The first-order chi connectivity index (χ1) is 10.8. The van der Waals surface area contributed by atoms with E-state index < -0.39 is 0 Å². The van der Waals surface area contributed by atoms with Crippen LogP contribution < -0.4 is 10.6 Å². The second kappa shape index (κ2) is 4.84. The Morgan fingerprint density at radius 1 is 1.09 bits per heavy atom. The van der Waals surface area contributed by atoms with Crippen LogP contribution in [0.2, 0.25) is 0 Å². The molecule has 1 unspecified atom stereocenters. The largest absolute Gasteiger partial charge is 0.388 e. The maximum Gasteiger partial charge on any atom is 0.238 e. The van der Waals surface area contributed by atoms with Crippen LogP contribution in [0.1, 0.15) is 17.2 Å². The molecule has 0 saturated carbocycles. The van der Waals surface area contributed by atoms with Crippen LogP contribution in [0.5, 0.6) is 0 Å². The van der Waals surface area contributed by atoms with Crippen molar-refractivity contribution in [2.24, 2.45) is 0 Å². The molecule has 4 rings (SSSR count). The summed E-state index contributed by atoms with van der Waals surface area (Å²) in [4.78, 5) is 17.1. The molecule has 0 fully saturated rings. The van der Waals surface area contributed by atoms with E-state index in [1.165, 1.54) is 0 Å². The molecule has 1 amide bonds. The molecule has 108 valence electrons. The van der Waals surface area contributed by atoms with E-state index in [2.05, 4.69) is 10.6 Å². The summed E-state index contributed by atoms with van der Waals surface area (Å²) >= 11 is 0. The van der Waals surface area contributed by atoms with Crippen molar-refractivity contribution in [1.29, 1.82) is 0 Å². The summed E-state index contributed by atoms with van der Waals surface area (Å²) in [6.07, 6.45) is 0. The highest BCUT2D eigenvalue weighted by atomic mass is 16.2. The highest BCUT2D eigenvalue weighted by Crippen LogP contribution is 2.38. The first-order valence-electron chi connectivity index (χ1n) is 7.25. The second-order valence-corrected chi connectivity index (χ2v) is 5.37. The molecule has 1 aliphatic rings. The summed E-state index contributed by atoms with van der Waals surface area (Å²) in [5.41, 5.74) is 4.50. The van der Waals surface area contributed by atoms with Gasteiger partial charge in [0.25, 0.3) is 0 Å². The van der Waals surface area contributed by atoms with Gasteiger partial charge in [0.1, 0.15) is 5.92 Å². The molecule has 0 spiro atoms. The Labute approximate surface area is 128 Å². The minimum Gasteiger partial charge on any atom is -0.388 e. The van der Waals surface area contributed by atoms with Gasteiger partial charge in [-0.3, -0.25) is 9.78 Å². The number of amides is 1. The van der Waals surface area contributed by atoms with Gasteiger partial charge >= 0.3 is 0 Å². The third-order valence-corrected chi connectivity index (χ3v) is 4.09. The molecule has 0 bridgehead atoms. The molecule has 1 aliphatic heterocycles. The van der Waals surface area contributed by atoms with Gasteiger partial charge in [-0.1, -0.05) is 36.4 Å². The zero-order chi connectivity index (χ0) is 15.1. The number of hydrogen-bond acceptors (Lipinski definition) is 3. The van der Waals surface area contributed by atoms with Gasteiger partial charge in [0, 0.05) is 23.8 Å². The van der Waals surface area contributed by atoms with E-state index in [1.54, 1.807) is 0 Å². The van der Waals surface area contributed by atoms with Crippen molar-refractivity contribution in [3.8, 4) is 0 Å². The first kappa shape index (κ1) is 12.8. The lowest BCUT2D eigenvalue weighted by molar-refractivity contribution is -0.116. The highest BCUT2D eigenvalue weighted by Gasteiger charge is 2.33. The number of pyridine rings is 1. The van der Waals surface area contributed by atoms with Crippen LogP contribution in [-0.4, -0.2) is 17.9 Å². The number of hydrogen-bond donors (Lipinski definition) is 2. The lowest BCUT2D eigenvalue weighted by Gasteiger charge is -2.13. The Balaban J connectivity index is 1.93. The zero-order valence-corrected chi connectivity index (χ0v) is 12.1. The molecule has 1 aromatic heterocycles. The summed E-state index contributed by atoms with van der Waals surface area (Å²) in [6.45, 7) is 0. The normalized spacial score (nSPS) is 16.4. The Kier molecular flexibility index (Phi) is 2.82. The Morgan fingerprint density at radius 2 is 1.86 bits per heavy atom. The first-order valence-corrected chi connectivity index (χ1v) is 7.25. The van der Waals surface area contributed by atoms with Crippen LogP contribution in [0, 0.1) is 0 Å². The molecule has 1 atom stereocenters. The lowest BCUT2D eigenvalue weighted by atomic mass is 9.95. The number of rotatable bonds is 2. The number of nitrogens with one attached hydrogen (secondary N) is 2. The van der Waals surface area contributed by atoms with Crippen molar-refractivity contribution in [2.45, 2.75) is 5.92 Å². The molecule has 0 aliphatic carbocycles. The molecule has 0 radical (unpaired) electrons. The van der Waals surface area contributed by atoms with Crippen molar-refractivity contribution < 1.29 is 4.79 Å². The van der Waals surface area contributed by atoms with Crippen molar-refractivity contribution in [3.63, 3.8) is 0 Å². The summed E-state index contributed by atoms with van der Waals surface area (Å²) in [5.74, 6) is -0.376. The zero-order valence-electron chi connectivity index (χ0n) is 12.1. The van der Waals surface area contributed by atoms with Gasteiger partial charge in [-0.25, -0.2) is 0 Å². The van der Waals surface area contributed by atoms with Crippen LogP contribution in [-0.2, 0) is 4.79 Å². The van der Waals surface area contributed by atoms with Gasteiger partial charge in [-0.05, 0) is 23.8 Å². The van der Waals surface area contributed by atoms with Gasteiger partial charge in [0.2, 0.25) is 5.91 Å². The van der Waals surface area contributed by atoms with Crippen LogP contribution in [0.15, 0.2) is 54.6 Å². The van der Waals surface area contributed by atoms with Gasteiger partial charge in [-0.15, -0.1) is 0 Å². The molecule has 22 heavy (non-hydrogen) atoms. The molecular weight excluding hydrogens is 274 g/mol. The number of benzene rings is 2. The number of nitrogens with zero attached hydrogens (tertiary/aromatic N) is 1. The van der Waals surface area contributed by atoms with Gasteiger partial charge in [-0.2, -0.15) is 0 Å². The molecule has 4 heteroatoms. The fraction of sp³-hybridized carbons (Fsp3) is 0.111. The van der Waals surface area contributed by atoms with Gasteiger partial charge in [0.15, 0.2) is 0 Å². The van der Waals surface area contributed by atoms with E-state index in [9.17, 15) is 4.79 Å². The van der Waals surface area contributed by atoms with E-state index in [-0.39, 0.29) is 11.8 Å². The number of aromatic nitrogens is 1. The Hall–Kier alpha value is -2.88. The van der Waals surface area contributed by atoms with Crippen LogP contribution >= 0.6 is 0 Å². The maximum absolute atomic E-state index is 12.4. The van der Waals surface area contributed by atoms with E-state index in [0.29, 0.717) is 0 Å². The second-order valence-electron chi connectivity index (χ2n) is 5.37. The number of carbonyl (C=O) groups excluding carboxylic acids is 1. The topological polar surface area (TPSA) is 54.0 Å². The number of para-hydroxylation sites is 2. The van der Waals surface area contributed by atoms with E-state index >= 15 is 0 Å². The standard InChI is InChI=1S/C18H15N3O/c1-19-15-10-16(20-13-8-4-2-6-11(13)15)17-12-7-3-5-9-14(12)21-18(17)22/h2-10,17H,1H3,(H,19,20)(H,21,22). The Bertz CT molecular complexity index is 888. The molecule has 2 aromatic carbocycles. The lowest BCUT2D eigenvalue weighted by Crippen LogP contribution is -2.14. The fourth-order valence-electron chi connectivity index (χ4n) is 3.05. The number of fused-ring (bicyclic) bond motifs is 2. The smallest absolute Gasteiger partial charge is 0.238 e. The van der Waals surface area contributed by atoms with Crippen LogP contribution in [0.3, 0.4) is 0 Å². The molecule has 2 heterocycles. The number of anilines is 2. The average molecular weight is 289 g/mol. The van der Waals surface area contributed by atoms with E-state index in [1.807, 2.05) is 61.6 Å². The third-order valence-electron chi connectivity index (χ3n) is 4.09. The summed E-state index contributed by atoms with van der Waals surface area (Å²) in [6, 6.07) is 17.7. The third kappa shape index (κ3) is 1.84. The monoisotopic (exact) mass is 289 g/mol. The SMILES string of the molecule is CNc1cc(C2C(=O)Nc3ccccc32)nc2ccccc12. The Morgan fingerprint density at radius 3 is 2.73 bits per heavy atom. The quantitative estimate of drug-likeness (QED) is 0.760. The van der Waals surface area contributed by atoms with Gasteiger partial charge < -0.3 is 10.6 Å².